The van der Waals surface area contributed by atoms with Crippen molar-refractivity contribution < 1.29 is 14.4 Å². The minimum atomic E-state index is -1.17. The topological polar surface area (TPSA) is 73.8 Å². The average Bonchev–Trinajstić information content (AvgIpc) is 3.05. The highest BCUT2D eigenvalue weighted by molar-refractivity contribution is 6.10. The van der Waals surface area contributed by atoms with Crippen molar-refractivity contribution in [2.75, 3.05) is 33.7 Å². The number of imide groups is 1. The average molecular weight is 449 g/mol. The molecule has 2 fully saturated rings. The quantitative estimate of drug-likeness (QED) is 0.609. The number of carbonyl (C=O) groups is 3. The first-order valence-corrected chi connectivity index (χ1v) is 11.6. The monoisotopic (exact) mass is 448 g/mol. The van der Waals surface area contributed by atoms with Crippen LogP contribution in [0.4, 0.5) is 0 Å². The molecule has 2 aliphatic heterocycles. The van der Waals surface area contributed by atoms with Crippen molar-refractivity contribution in [3.05, 3.63) is 66.0 Å². The van der Waals surface area contributed by atoms with Crippen LogP contribution in [0.5, 0.6) is 0 Å². The first-order valence-electron chi connectivity index (χ1n) is 11.6. The summed E-state index contributed by atoms with van der Waals surface area (Å²) in [7, 11) is 3.92. The van der Waals surface area contributed by atoms with E-state index in [0.717, 1.165) is 37.1 Å². The molecule has 0 spiro atoms. The molecule has 174 valence electrons. The SMILES string of the molecule is CN1CCCC(CN(C)C(=O)CC2(c3ccccc3)CC(=O)N(Cc3cccnc3)C2=O)C1. The first kappa shape index (κ1) is 23.1. The Labute approximate surface area is 195 Å². The Morgan fingerprint density at radius 2 is 1.97 bits per heavy atom. The van der Waals surface area contributed by atoms with Gasteiger partial charge in [0, 0.05) is 45.4 Å². The van der Waals surface area contributed by atoms with E-state index in [1.54, 1.807) is 23.4 Å². The number of likely N-dealkylation sites (tertiary alicyclic amines) is 2. The molecule has 2 unspecified atom stereocenters. The molecule has 0 radical (unpaired) electrons. The van der Waals surface area contributed by atoms with Gasteiger partial charge >= 0.3 is 0 Å². The summed E-state index contributed by atoms with van der Waals surface area (Å²) < 4.78 is 0. The normalized spacial score (nSPS) is 23.7. The molecule has 2 aliphatic rings. The van der Waals surface area contributed by atoms with E-state index in [-0.39, 0.29) is 37.1 Å². The predicted octanol–water partition coefficient (Wildman–Crippen LogP) is 2.47. The Balaban J connectivity index is 1.56. The zero-order valence-corrected chi connectivity index (χ0v) is 19.4. The number of nitrogens with zero attached hydrogens (tertiary/aromatic N) is 4. The van der Waals surface area contributed by atoms with E-state index in [0.29, 0.717) is 12.5 Å². The molecule has 3 amide bonds. The molecule has 3 heterocycles. The van der Waals surface area contributed by atoms with E-state index in [1.807, 2.05) is 43.4 Å². The van der Waals surface area contributed by atoms with Gasteiger partial charge in [-0.25, -0.2) is 0 Å². The highest BCUT2D eigenvalue weighted by atomic mass is 16.2. The Bertz CT molecular complexity index is 997. The van der Waals surface area contributed by atoms with Crippen LogP contribution in [0.2, 0.25) is 0 Å². The lowest BCUT2D eigenvalue weighted by Crippen LogP contribution is -2.44. The number of hydrogen-bond acceptors (Lipinski definition) is 5. The third kappa shape index (κ3) is 4.98. The van der Waals surface area contributed by atoms with Crippen LogP contribution in [-0.4, -0.2) is 71.1 Å². The fourth-order valence-electron chi connectivity index (χ4n) is 5.16. The van der Waals surface area contributed by atoms with Gasteiger partial charge in [0.1, 0.15) is 0 Å². The summed E-state index contributed by atoms with van der Waals surface area (Å²) in [4.78, 5) is 49.6. The Hall–Kier alpha value is -3.06. The van der Waals surface area contributed by atoms with Crippen molar-refractivity contribution in [3.63, 3.8) is 0 Å². The zero-order chi connectivity index (χ0) is 23.4. The molecule has 1 aromatic heterocycles. The number of benzene rings is 1. The van der Waals surface area contributed by atoms with Gasteiger partial charge in [-0.05, 0) is 49.5 Å². The maximum Gasteiger partial charge on any atom is 0.241 e. The molecule has 7 nitrogen and oxygen atoms in total. The zero-order valence-electron chi connectivity index (χ0n) is 19.4. The lowest BCUT2D eigenvalue weighted by molar-refractivity contribution is -0.143. The second-order valence-electron chi connectivity index (χ2n) is 9.49. The summed E-state index contributed by atoms with van der Waals surface area (Å²) in [6.07, 6.45) is 5.54. The molecular formula is C26H32N4O3. The van der Waals surface area contributed by atoms with Crippen LogP contribution in [0.25, 0.3) is 0 Å². The Morgan fingerprint density at radius 1 is 1.18 bits per heavy atom. The van der Waals surface area contributed by atoms with Crippen LogP contribution in [0.3, 0.4) is 0 Å². The van der Waals surface area contributed by atoms with Crippen LogP contribution < -0.4 is 0 Å². The fraction of sp³-hybridized carbons (Fsp3) is 0.462. The van der Waals surface area contributed by atoms with E-state index in [9.17, 15) is 14.4 Å². The van der Waals surface area contributed by atoms with Crippen molar-refractivity contribution >= 4 is 17.7 Å². The molecule has 0 bridgehead atoms. The second-order valence-corrected chi connectivity index (χ2v) is 9.49. The summed E-state index contributed by atoms with van der Waals surface area (Å²) in [5, 5.41) is 0. The van der Waals surface area contributed by atoms with Gasteiger partial charge < -0.3 is 9.80 Å². The Kier molecular flexibility index (Phi) is 6.88. The van der Waals surface area contributed by atoms with Crippen molar-refractivity contribution in [1.82, 2.24) is 19.7 Å². The van der Waals surface area contributed by atoms with Crippen molar-refractivity contribution in [1.29, 1.82) is 0 Å². The maximum absolute atomic E-state index is 13.7. The molecule has 0 saturated carbocycles. The summed E-state index contributed by atoms with van der Waals surface area (Å²) in [6, 6.07) is 12.9. The lowest BCUT2D eigenvalue weighted by Gasteiger charge is -2.34. The van der Waals surface area contributed by atoms with Crippen LogP contribution in [0.15, 0.2) is 54.9 Å². The molecule has 4 rings (SSSR count). The largest absolute Gasteiger partial charge is 0.345 e. The first-order chi connectivity index (χ1) is 15.9. The summed E-state index contributed by atoms with van der Waals surface area (Å²) in [5.41, 5.74) is 0.332. The van der Waals surface area contributed by atoms with Gasteiger partial charge in [-0.1, -0.05) is 36.4 Å². The van der Waals surface area contributed by atoms with Crippen LogP contribution in [0, 0.1) is 5.92 Å². The van der Waals surface area contributed by atoms with Crippen LogP contribution in [0.1, 0.15) is 36.8 Å². The number of aromatic nitrogens is 1. The number of rotatable bonds is 7. The Morgan fingerprint density at radius 3 is 2.67 bits per heavy atom. The third-order valence-electron chi connectivity index (χ3n) is 6.93. The summed E-state index contributed by atoms with van der Waals surface area (Å²) >= 11 is 0. The smallest absolute Gasteiger partial charge is 0.241 e. The molecule has 7 heteroatoms. The van der Waals surface area contributed by atoms with Crippen molar-refractivity contribution in [2.24, 2.45) is 5.92 Å². The molecule has 2 saturated heterocycles. The standard InChI is InChI=1S/C26H32N4O3/c1-28-13-7-9-21(17-28)18-29(2)23(31)14-26(22-10-4-3-5-11-22)15-24(32)30(25(26)33)19-20-8-6-12-27-16-20/h3-6,8,10-12,16,21H,7,9,13-15,17-19H2,1-2H3. The fourth-order valence-corrected chi connectivity index (χ4v) is 5.16. The lowest BCUT2D eigenvalue weighted by atomic mass is 9.75. The van der Waals surface area contributed by atoms with Gasteiger partial charge in [0.25, 0.3) is 0 Å². The van der Waals surface area contributed by atoms with Gasteiger partial charge in [-0.2, -0.15) is 0 Å². The predicted molar refractivity (Wildman–Crippen MR) is 125 cm³/mol. The molecule has 1 aromatic carbocycles. The van der Waals surface area contributed by atoms with Crippen LogP contribution in [-0.2, 0) is 26.3 Å². The molecule has 2 aromatic rings. The highest BCUT2D eigenvalue weighted by Gasteiger charge is 2.54. The number of amides is 3. The summed E-state index contributed by atoms with van der Waals surface area (Å²) in [5.74, 6) is -0.233. The minimum Gasteiger partial charge on any atom is -0.345 e. The molecule has 33 heavy (non-hydrogen) atoms. The van der Waals surface area contributed by atoms with E-state index in [1.165, 1.54) is 4.90 Å². The van der Waals surface area contributed by atoms with Crippen molar-refractivity contribution in [2.45, 2.75) is 37.6 Å². The van der Waals surface area contributed by atoms with Crippen LogP contribution >= 0.6 is 0 Å². The van der Waals surface area contributed by atoms with Gasteiger partial charge in [-0.3, -0.25) is 24.3 Å². The van der Waals surface area contributed by atoms with Gasteiger partial charge in [0.15, 0.2) is 0 Å². The van der Waals surface area contributed by atoms with E-state index in [4.69, 9.17) is 0 Å². The second kappa shape index (κ2) is 9.83. The van der Waals surface area contributed by atoms with E-state index < -0.39 is 5.41 Å². The molecule has 0 aliphatic carbocycles. The van der Waals surface area contributed by atoms with E-state index >= 15 is 0 Å². The highest BCUT2D eigenvalue weighted by Crippen LogP contribution is 2.41. The number of piperidine rings is 1. The third-order valence-corrected chi connectivity index (χ3v) is 6.93. The van der Waals surface area contributed by atoms with Crippen molar-refractivity contribution in [3.8, 4) is 0 Å². The summed E-state index contributed by atoms with van der Waals surface area (Å²) in [6.45, 7) is 2.89. The molecular weight excluding hydrogens is 416 g/mol. The number of carbonyl (C=O) groups excluding carboxylic acids is 3. The van der Waals surface area contributed by atoms with Gasteiger partial charge in [0.2, 0.25) is 17.7 Å². The van der Waals surface area contributed by atoms with E-state index in [2.05, 4.69) is 16.9 Å². The maximum atomic E-state index is 13.7. The minimum absolute atomic E-state index is 0.00184. The molecule has 2 atom stereocenters. The van der Waals surface area contributed by atoms with Gasteiger partial charge in [-0.15, -0.1) is 0 Å². The van der Waals surface area contributed by atoms with Gasteiger partial charge in [0.05, 0.1) is 12.0 Å². The number of hydrogen-bond donors (Lipinski definition) is 0. The number of pyridine rings is 1. The molecule has 0 N–H and O–H groups in total.